The zero-order valence-corrected chi connectivity index (χ0v) is 22.6. The van der Waals surface area contributed by atoms with Crippen molar-refractivity contribution in [3.8, 4) is 28.1 Å². The van der Waals surface area contributed by atoms with Gasteiger partial charge in [-0.1, -0.05) is 24.3 Å². The van der Waals surface area contributed by atoms with E-state index in [2.05, 4.69) is 20.6 Å². The number of para-hydroxylation sites is 1. The number of carbonyl (C=O) groups excluding carboxylic acids is 1. The van der Waals surface area contributed by atoms with Gasteiger partial charge in [-0.05, 0) is 73.0 Å². The number of nitrogens with two attached hydrogens (primary N) is 1. The summed E-state index contributed by atoms with van der Waals surface area (Å²) in [6.07, 6.45) is 1.56. The predicted octanol–water partition coefficient (Wildman–Crippen LogP) is 6.15. The molecule has 214 valence electrons. The normalized spacial score (nSPS) is 11.4. The number of fused-ring (bicyclic) bond motifs is 1. The Kier molecular flexibility index (Phi) is 7.25. The molecular formula is C31H27F2N5O4. The second-order valence-electron chi connectivity index (χ2n) is 10.3. The van der Waals surface area contributed by atoms with E-state index >= 15 is 0 Å². The highest BCUT2D eigenvalue weighted by Gasteiger charge is 2.31. The third kappa shape index (κ3) is 5.31. The average Bonchev–Trinajstić information content (AvgIpc) is 3.39. The fourth-order valence-electron chi connectivity index (χ4n) is 4.57. The molecule has 0 unspecified atom stereocenters. The molecule has 5 aromatic rings. The summed E-state index contributed by atoms with van der Waals surface area (Å²) in [7, 11) is 0. The van der Waals surface area contributed by atoms with Gasteiger partial charge in [-0.2, -0.15) is 0 Å². The minimum atomic E-state index is -1.30. The molecule has 0 spiro atoms. The van der Waals surface area contributed by atoms with Crippen LogP contribution < -0.4 is 16.4 Å². The number of phenolic OH excluding ortho intramolecular Hbond substituents is 1. The number of carboxylic acids is 1. The number of rotatable bonds is 7. The Morgan fingerprint density at radius 3 is 2.38 bits per heavy atom. The van der Waals surface area contributed by atoms with Crippen molar-refractivity contribution < 1.29 is 28.6 Å². The van der Waals surface area contributed by atoms with Crippen molar-refractivity contribution in [3.63, 3.8) is 0 Å². The number of halogens is 2. The number of aromatic nitrogens is 2. The van der Waals surface area contributed by atoms with Crippen LogP contribution in [0.2, 0.25) is 0 Å². The molecule has 0 aliphatic carbocycles. The molecule has 3 aromatic carbocycles. The largest absolute Gasteiger partial charge is 0.507 e. The molecule has 2 aromatic heterocycles. The van der Waals surface area contributed by atoms with Crippen LogP contribution in [0.15, 0.2) is 72.9 Å². The van der Waals surface area contributed by atoms with Crippen LogP contribution in [-0.4, -0.2) is 32.2 Å². The SMILES string of the molecule is CC(C)(C(=O)O)c1cc(-c2cccc(CNC(=O)Nc3c(F)cccc3F)c2)c(O)c(-c2cc3c(N)nccc3[nH]2)c1. The molecular weight excluding hydrogens is 544 g/mol. The first-order chi connectivity index (χ1) is 20.0. The number of carboxylic acid groups (broad SMARTS) is 1. The Morgan fingerprint density at radius 1 is 1.00 bits per heavy atom. The number of aromatic hydroxyl groups is 1. The quantitative estimate of drug-likeness (QED) is 0.138. The maximum Gasteiger partial charge on any atom is 0.319 e. The summed E-state index contributed by atoms with van der Waals surface area (Å²) in [6.45, 7) is 3.14. The Balaban J connectivity index is 1.51. The molecule has 5 rings (SSSR count). The summed E-state index contributed by atoms with van der Waals surface area (Å²) in [5.41, 5.74) is 7.71. The van der Waals surface area contributed by atoms with E-state index in [9.17, 15) is 28.6 Å². The molecule has 0 saturated heterocycles. The summed E-state index contributed by atoms with van der Waals surface area (Å²) in [4.78, 5) is 31.8. The van der Waals surface area contributed by atoms with Crippen molar-refractivity contribution >= 4 is 34.4 Å². The highest BCUT2D eigenvalue weighted by Crippen LogP contribution is 2.43. The van der Waals surface area contributed by atoms with E-state index in [1.807, 2.05) is 0 Å². The molecule has 0 bridgehead atoms. The maximum atomic E-state index is 13.9. The number of benzene rings is 3. The lowest BCUT2D eigenvalue weighted by Gasteiger charge is -2.23. The molecule has 42 heavy (non-hydrogen) atoms. The number of nitrogens with zero attached hydrogens (tertiary/aromatic N) is 1. The number of aromatic amines is 1. The average molecular weight is 572 g/mol. The first-order valence-electron chi connectivity index (χ1n) is 12.9. The lowest BCUT2D eigenvalue weighted by molar-refractivity contribution is -0.142. The first kappa shape index (κ1) is 28.1. The Morgan fingerprint density at radius 2 is 1.69 bits per heavy atom. The van der Waals surface area contributed by atoms with Crippen molar-refractivity contribution in [3.05, 3.63) is 95.7 Å². The minimum absolute atomic E-state index is 0.00202. The van der Waals surface area contributed by atoms with E-state index in [1.54, 1.807) is 68.6 Å². The van der Waals surface area contributed by atoms with Gasteiger partial charge in [0.15, 0.2) is 0 Å². The number of carbonyl (C=O) groups is 2. The second-order valence-corrected chi connectivity index (χ2v) is 10.3. The number of phenols is 1. The van der Waals surface area contributed by atoms with Crippen molar-refractivity contribution in [2.24, 2.45) is 0 Å². The van der Waals surface area contributed by atoms with Gasteiger partial charge < -0.3 is 31.6 Å². The van der Waals surface area contributed by atoms with Gasteiger partial charge in [0.05, 0.1) is 16.6 Å². The molecule has 0 aliphatic heterocycles. The lowest BCUT2D eigenvalue weighted by Crippen LogP contribution is -2.29. The number of anilines is 2. The van der Waals surface area contributed by atoms with E-state index in [1.165, 1.54) is 6.07 Å². The van der Waals surface area contributed by atoms with Crippen molar-refractivity contribution in [1.29, 1.82) is 0 Å². The summed E-state index contributed by atoms with van der Waals surface area (Å²) in [5.74, 6) is -2.66. The molecule has 0 atom stereocenters. The van der Waals surface area contributed by atoms with Gasteiger partial charge in [0.2, 0.25) is 0 Å². The van der Waals surface area contributed by atoms with Crippen LogP contribution in [0.5, 0.6) is 5.75 Å². The number of urea groups is 1. The third-order valence-electron chi connectivity index (χ3n) is 7.13. The smallest absolute Gasteiger partial charge is 0.319 e. The number of aliphatic carboxylic acids is 1. The van der Waals surface area contributed by atoms with E-state index < -0.39 is 34.7 Å². The van der Waals surface area contributed by atoms with Gasteiger partial charge in [-0.3, -0.25) is 4.79 Å². The minimum Gasteiger partial charge on any atom is -0.507 e. The molecule has 0 saturated carbocycles. The Hall–Kier alpha value is -5.45. The molecule has 0 radical (unpaired) electrons. The molecule has 2 amide bonds. The predicted molar refractivity (Wildman–Crippen MR) is 156 cm³/mol. The summed E-state index contributed by atoms with van der Waals surface area (Å²) >= 11 is 0. The molecule has 2 heterocycles. The number of pyridine rings is 1. The standard InChI is InChI=1S/C31H27F2N5O4/c1-31(2,29(40)41)18-12-19(27(39)20(13-18)25-14-21-24(37-25)9-10-35-28(21)34)17-6-3-5-16(11-17)15-36-30(42)38-26-22(32)7-4-8-23(26)33/h3-14,37,39H,15H2,1-2H3,(H2,34,35)(H,40,41)(H2,36,38,42). The van der Waals surface area contributed by atoms with Gasteiger partial charge in [-0.25, -0.2) is 18.6 Å². The molecule has 0 aliphatic rings. The number of H-pyrrole nitrogens is 1. The van der Waals surface area contributed by atoms with E-state index in [0.29, 0.717) is 50.2 Å². The van der Waals surface area contributed by atoms with Crippen LogP contribution in [0.1, 0.15) is 25.0 Å². The third-order valence-corrected chi connectivity index (χ3v) is 7.13. The first-order valence-corrected chi connectivity index (χ1v) is 12.9. The monoisotopic (exact) mass is 571 g/mol. The Labute approximate surface area is 239 Å². The van der Waals surface area contributed by atoms with Crippen LogP contribution in [0.25, 0.3) is 33.3 Å². The van der Waals surface area contributed by atoms with Crippen LogP contribution in [0.3, 0.4) is 0 Å². The topological polar surface area (TPSA) is 153 Å². The fraction of sp³-hybridized carbons (Fsp3) is 0.129. The lowest BCUT2D eigenvalue weighted by atomic mass is 9.81. The number of hydrogen-bond acceptors (Lipinski definition) is 5. The maximum absolute atomic E-state index is 13.9. The fourth-order valence-corrected chi connectivity index (χ4v) is 4.57. The van der Waals surface area contributed by atoms with E-state index in [-0.39, 0.29) is 12.3 Å². The van der Waals surface area contributed by atoms with Crippen LogP contribution in [-0.2, 0) is 16.8 Å². The van der Waals surface area contributed by atoms with Gasteiger partial charge in [-0.15, -0.1) is 0 Å². The number of hydrogen-bond donors (Lipinski definition) is 6. The van der Waals surface area contributed by atoms with Crippen molar-refractivity contribution in [1.82, 2.24) is 15.3 Å². The zero-order valence-electron chi connectivity index (χ0n) is 22.6. The van der Waals surface area contributed by atoms with Gasteiger partial charge in [0.25, 0.3) is 0 Å². The number of nitrogen functional groups attached to an aromatic ring is 1. The summed E-state index contributed by atoms with van der Waals surface area (Å²) < 4.78 is 27.8. The van der Waals surface area contributed by atoms with Crippen LogP contribution >= 0.6 is 0 Å². The molecule has 0 fully saturated rings. The molecule has 7 N–H and O–H groups in total. The van der Waals surface area contributed by atoms with Crippen molar-refractivity contribution in [2.45, 2.75) is 25.8 Å². The zero-order chi connectivity index (χ0) is 30.2. The van der Waals surface area contributed by atoms with Gasteiger partial charge in [0.1, 0.15) is 28.9 Å². The van der Waals surface area contributed by atoms with Gasteiger partial charge in [0, 0.05) is 29.3 Å². The second kappa shape index (κ2) is 10.8. The molecule has 9 nitrogen and oxygen atoms in total. The van der Waals surface area contributed by atoms with E-state index in [0.717, 1.165) is 12.1 Å². The van der Waals surface area contributed by atoms with Crippen LogP contribution in [0.4, 0.5) is 25.1 Å². The highest BCUT2D eigenvalue weighted by molar-refractivity contribution is 5.95. The molecule has 11 heteroatoms. The number of nitrogens with one attached hydrogen (secondary N) is 3. The summed E-state index contributed by atoms with van der Waals surface area (Å²) in [5, 5.41) is 26.8. The number of amides is 2. The summed E-state index contributed by atoms with van der Waals surface area (Å²) in [6, 6.07) is 16.1. The van der Waals surface area contributed by atoms with Crippen LogP contribution in [0, 0.1) is 11.6 Å². The van der Waals surface area contributed by atoms with E-state index in [4.69, 9.17) is 5.73 Å². The Bertz CT molecular complexity index is 1830. The highest BCUT2D eigenvalue weighted by atomic mass is 19.1. The van der Waals surface area contributed by atoms with Gasteiger partial charge >= 0.3 is 12.0 Å². The van der Waals surface area contributed by atoms with Crippen molar-refractivity contribution in [2.75, 3.05) is 11.1 Å².